The first kappa shape index (κ1) is 28.6. The van der Waals surface area contributed by atoms with Gasteiger partial charge in [-0.25, -0.2) is 9.37 Å². The van der Waals surface area contributed by atoms with Crippen molar-refractivity contribution in [2.24, 2.45) is 0 Å². The van der Waals surface area contributed by atoms with Crippen molar-refractivity contribution in [2.45, 2.75) is 64.1 Å². The van der Waals surface area contributed by atoms with E-state index in [1.54, 1.807) is 30.6 Å². The first-order valence-electron chi connectivity index (χ1n) is 13.2. The molecule has 0 spiro atoms. The number of piperidine rings is 1. The first-order chi connectivity index (χ1) is 19.3. The smallest absolute Gasteiger partial charge is 0.376 e. The Labute approximate surface area is 233 Å². The van der Waals surface area contributed by atoms with E-state index in [1.807, 2.05) is 37.3 Å². The summed E-state index contributed by atoms with van der Waals surface area (Å²) in [6.07, 6.45) is -1.48. The van der Waals surface area contributed by atoms with Gasteiger partial charge in [0.1, 0.15) is 11.9 Å². The van der Waals surface area contributed by atoms with Crippen LogP contribution in [0.5, 0.6) is 0 Å². The molecule has 1 amide bonds. The van der Waals surface area contributed by atoms with Gasteiger partial charge in [0.05, 0.1) is 36.0 Å². The number of amides is 1. The first-order valence-corrected chi connectivity index (χ1v) is 13.2. The molecule has 5 rings (SSSR count). The number of hydrogen-bond donors (Lipinski definition) is 2. The van der Waals surface area contributed by atoms with Crippen molar-refractivity contribution < 1.29 is 26.9 Å². The molecule has 1 aliphatic rings. The Bertz CT molecular complexity index is 1530. The van der Waals surface area contributed by atoms with Crippen LogP contribution >= 0.6 is 0 Å². The minimum Gasteiger partial charge on any atom is -0.376 e. The summed E-state index contributed by atoms with van der Waals surface area (Å²) >= 11 is 0. The third-order valence-corrected chi connectivity index (χ3v) is 7.01. The monoisotopic (exact) mass is 576 g/mol. The van der Waals surface area contributed by atoms with Gasteiger partial charge < -0.3 is 29.0 Å². The highest BCUT2D eigenvalue weighted by atomic mass is 19.4. The number of imidazole rings is 1. The lowest BCUT2D eigenvalue weighted by Crippen LogP contribution is -2.46. The number of rotatable bonds is 7. The minimum atomic E-state index is -4.55. The number of aromatic nitrogens is 5. The highest BCUT2D eigenvalue weighted by Crippen LogP contribution is 2.32. The normalized spacial score (nSPS) is 18.6. The van der Waals surface area contributed by atoms with Crippen molar-refractivity contribution in [3.63, 3.8) is 0 Å². The predicted octanol–water partition coefficient (Wildman–Crippen LogP) is 4.43. The molecule has 0 aliphatic carbocycles. The third-order valence-electron chi connectivity index (χ3n) is 7.01. The number of carbonyl (C=O) groups is 1. The van der Waals surface area contributed by atoms with Gasteiger partial charge in [-0.15, -0.1) is 0 Å². The lowest BCUT2D eigenvalue weighted by atomic mass is 10.0. The molecule has 0 unspecified atom stereocenters. The summed E-state index contributed by atoms with van der Waals surface area (Å²) in [6.45, 7) is 6.83. The van der Waals surface area contributed by atoms with Crippen LogP contribution in [0.2, 0.25) is 0 Å². The van der Waals surface area contributed by atoms with Crippen LogP contribution in [0.4, 0.5) is 23.2 Å². The Kier molecular flexibility index (Phi) is 7.53. The van der Waals surface area contributed by atoms with Gasteiger partial charge >= 0.3 is 6.18 Å². The molecule has 1 fully saturated rings. The van der Waals surface area contributed by atoms with Gasteiger partial charge in [-0.05, 0) is 52.4 Å². The number of carbonyl (C=O) groups excluding carboxylic acids is 1. The summed E-state index contributed by atoms with van der Waals surface area (Å²) in [5.41, 5.74) is 0.538. The fourth-order valence-corrected chi connectivity index (χ4v) is 4.81. The highest BCUT2D eigenvalue weighted by molar-refractivity contribution is 5.93. The van der Waals surface area contributed by atoms with E-state index in [0.717, 1.165) is 0 Å². The molecule has 1 saturated heterocycles. The largest absolute Gasteiger partial charge is 0.394 e. The Morgan fingerprint density at radius 1 is 1.17 bits per heavy atom. The number of pyridine rings is 1. The van der Waals surface area contributed by atoms with Crippen LogP contribution in [0.1, 0.15) is 49.1 Å². The van der Waals surface area contributed by atoms with E-state index in [2.05, 4.69) is 25.8 Å². The number of nitrogens with one attached hydrogen (secondary N) is 2. The molecule has 10 nitrogen and oxygen atoms in total. The van der Waals surface area contributed by atoms with E-state index >= 15 is 0 Å². The molecule has 0 saturated carbocycles. The van der Waals surface area contributed by atoms with Gasteiger partial charge in [-0.3, -0.25) is 4.79 Å². The standard InChI is InChI=1S/C27H32F4N8O2/c1-26(2,3)38-11-7-16(14-38)25(40)32-13-21-34-23(36-41-21)22-20(12-27(29,30)31)39-9-5-6-19(24(39)35-22)33-18-8-10-37(4)15-17(18)28/h5-7,9,11,14,17-18,33H,8,10,12-13,15H2,1-4H3,(H,32,40)/t17-,18+/m0/s1. The van der Waals surface area contributed by atoms with E-state index in [4.69, 9.17) is 4.52 Å². The van der Waals surface area contributed by atoms with Crippen LogP contribution in [0.15, 0.2) is 41.3 Å². The number of hydrogen-bond acceptors (Lipinski definition) is 7. The second-order valence-electron chi connectivity index (χ2n) is 11.3. The van der Waals surface area contributed by atoms with Crippen molar-refractivity contribution >= 4 is 17.2 Å². The zero-order valence-corrected chi connectivity index (χ0v) is 23.2. The summed E-state index contributed by atoms with van der Waals surface area (Å²) in [5, 5.41) is 9.67. The molecule has 0 bridgehead atoms. The maximum absolute atomic E-state index is 14.7. The van der Waals surface area contributed by atoms with Gasteiger partial charge in [-0.1, -0.05) is 5.16 Å². The SMILES string of the molecule is CN1CC[C@@H](Nc2cccn3c(CC(F)(F)F)c(-c4noc(CNC(=O)c5ccn(C(C)(C)C)c5)n4)nc23)[C@@H](F)C1. The van der Waals surface area contributed by atoms with Gasteiger partial charge in [0.25, 0.3) is 5.91 Å². The van der Waals surface area contributed by atoms with Crippen LogP contribution in [0, 0.1) is 0 Å². The zero-order valence-electron chi connectivity index (χ0n) is 23.2. The summed E-state index contributed by atoms with van der Waals surface area (Å²) in [4.78, 5) is 23.2. The van der Waals surface area contributed by atoms with Crippen molar-refractivity contribution in [1.29, 1.82) is 0 Å². The maximum Gasteiger partial charge on any atom is 0.394 e. The van der Waals surface area contributed by atoms with Crippen LogP contribution in [0.3, 0.4) is 0 Å². The molecular weight excluding hydrogens is 544 g/mol. The summed E-state index contributed by atoms with van der Waals surface area (Å²) in [6, 6.07) is 4.40. The van der Waals surface area contributed by atoms with E-state index in [0.29, 0.717) is 24.2 Å². The van der Waals surface area contributed by atoms with Gasteiger partial charge in [0.15, 0.2) is 5.65 Å². The fraction of sp³-hybridized carbons (Fsp3) is 0.481. The molecule has 41 heavy (non-hydrogen) atoms. The number of likely N-dealkylation sites (tertiary alicyclic amines) is 1. The molecule has 2 atom stereocenters. The summed E-state index contributed by atoms with van der Waals surface area (Å²) in [5.74, 6) is -0.512. The zero-order chi connectivity index (χ0) is 29.5. The van der Waals surface area contributed by atoms with Crippen LogP contribution < -0.4 is 10.6 Å². The van der Waals surface area contributed by atoms with Crippen LogP contribution in [-0.4, -0.2) is 73.4 Å². The maximum atomic E-state index is 14.7. The van der Waals surface area contributed by atoms with Crippen molar-refractivity contribution in [3.05, 3.63) is 53.9 Å². The number of nitrogens with zero attached hydrogens (tertiary/aromatic N) is 6. The molecule has 14 heteroatoms. The minimum absolute atomic E-state index is 0.00330. The lowest BCUT2D eigenvalue weighted by Gasteiger charge is -2.33. The molecule has 220 valence electrons. The molecule has 5 heterocycles. The molecule has 1 aliphatic heterocycles. The average Bonchev–Trinajstić information content (AvgIpc) is 3.63. The second kappa shape index (κ2) is 10.8. The quantitative estimate of drug-likeness (QED) is 0.314. The average molecular weight is 577 g/mol. The van der Waals surface area contributed by atoms with Crippen molar-refractivity contribution in [2.75, 3.05) is 25.5 Å². The van der Waals surface area contributed by atoms with Crippen molar-refractivity contribution in [3.8, 4) is 11.5 Å². The van der Waals surface area contributed by atoms with Gasteiger partial charge in [0, 0.05) is 37.2 Å². The second-order valence-corrected chi connectivity index (χ2v) is 11.3. The molecular formula is C27H32F4N8O2. The highest BCUT2D eigenvalue weighted by Gasteiger charge is 2.34. The molecule has 4 aromatic rings. The number of halogens is 4. The van der Waals surface area contributed by atoms with Gasteiger partial charge in [0.2, 0.25) is 11.7 Å². The Morgan fingerprint density at radius 3 is 2.63 bits per heavy atom. The topological polar surface area (TPSA) is 106 Å². The summed E-state index contributed by atoms with van der Waals surface area (Å²) in [7, 11) is 1.84. The predicted molar refractivity (Wildman–Crippen MR) is 143 cm³/mol. The lowest BCUT2D eigenvalue weighted by molar-refractivity contribution is -0.127. The van der Waals surface area contributed by atoms with E-state index in [1.165, 1.54) is 10.6 Å². The van der Waals surface area contributed by atoms with Gasteiger partial charge in [-0.2, -0.15) is 18.2 Å². The fourth-order valence-electron chi connectivity index (χ4n) is 4.81. The molecule has 2 N–H and O–H groups in total. The number of alkyl halides is 4. The Hall–Kier alpha value is -3.94. The number of fused-ring (bicyclic) bond motifs is 1. The Morgan fingerprint density at radius 2 is 1.95 bits per heavy atom. The van der Waals surface area contributed by atoms with E-state index in [9.17, 15) is 22.4 Å². The van der Waals surface area contributed by atoms with E-state index in [-0.39, 0.29) is 53.3 Å². The molecule has 0 radical (unpaired) electrons. The molecule has 4 aromatic heterocycles. The van der Waals surface area contributed by atoms with Crippen LogP contribution in [0.25, 0.3) is 17.2 Å². The van der Waals surface area contributed by atoms with E-state index < -0.39 is 24.8 Å². The van der Waals surface area contributed by atoms with Crippen molar-refractivity contribution in [1.82, 2.24) is 34.3 Å². The number of anilines is 1. The molecule has 0 aromatic carbocycles. The van der Waals surface area contributed by atoms with Crippen LogP contribution in [-0.2, 0) is 18.5 Å². The Balaban J connectivity index is 1.40. The summed E-state index contributed by atoms with van der Waals surface area (Å²) < 4.78 is 64.1. The third kappa shape index (κ3) is 6.37.